The molecule has 1 fully saturated rings. The predicted molar refractivity (Wildman–Crippen MR) is 107 cm³/mol. The van der Waals surface area contributed by atoms with E-state index in [9.17, 15) is 13.2 Å². The van der Waals surface area contributed by atoms with Gasteiger partial charge in [0.1, 0.15) is 5.75 Å². The molecule has 0 spiro atoms. The normalized spacial score (nSPS) is 20.1. The van der Waals surface area contributed by atoms with E-state index >= 15 is 0 Å². The summed E-state index contributed by atoms with van der Waals surface area (Å²) in [5, 5.41) is 2.39. The minimum absolute atomic E-state index is 0.0688. The molecule has 0 saturated heterocycles. The molecule has 2 atom stereocenters. The standard InChI is InChI=1S/C20H27N3O4S/c1-14(2)27-17-9-7-16(8-10-17)22-19(24)15-5-4-6-18(13-15)28(25,26)20-21-11-12-23(20)3/h7-12,14-15,18H,4-6,13H2,1-3H3,(H,22,24). The van der Waals surface area contributed by atoms with Crippen molar-refractivity contribution in [1.82, 2.24) is 9.55 Å². The van der Waals surface area contributed by atoms with Crippen LogP contribution in [0.5, 0.6) is 5.75 Å². The largest absolute Gasteiger partial charge is 0.491 e. The van der Waals surface area contributed by atoms with Gasteiger partial charge < -0.3 is 14.6 Å². The molecule has 1 aliphatic carbocycles. The zero-order chi connectivity index (χ0) is 20.3. The summed E-state index contributed by atoms with van der Waals surface area (Å²) >= 11 is 0. The van der Waals surface area contributed by atoms with Gasteiger partial charge in [-0.15, -0.1) is 0 Å². The maximum absolute atomic E-state index is 12.9. The molecule has 1 heterocycles. The molecule has 1 amide bonds. The number of sulfone groups is 1. The molecule has 1 aromatic carbocycles. The van der Waals surface area contributed by atoms with Crippen molar-refractivity contribution >= 4 is 21.4 Å². The fourth-order valence-corrected chi connectivity index (χ4v) is 5.50. The number of nitrogens with zero attached hydrogens (tertiary/aromatic N) is 2. The summed E-state index contributed by atoms with van der Waals surface area (Å²) in [7, 11) is -1.88. The number of aryl methyl sites for hydroxylation is 1. The van der Waals surface area contributed by atoms with Crippen molar-refractivity contribution < 1.29 is 17.9 Å². The van der Waals surface area contributed by atoms with Gasteiger partial charge in [0.2, 0.25) is 20.9 Å². The van der Waals surface area contributed by atoms with Gasteiger partial charge in [-0.2, -0.15) is 0 Å². The third-order valence-electron chi connectivity index (χ3n) is 4.96. The van der Waals surface area contributed by atoms with E-state index in [1.807, 2.05) is 26.0 Å². The number of imidazole rings is 1. The molecule has 8 heteroatoms. The summed E-state index contributed by atoms with van der Waals surface area (Å²) in [6, 6.07) is 7.21. The number of rotatable bonds is 6. The van der Waals surface area contributed by atoms with Crippen LogP contribution in [0.2, 0.25) is 0 Å². The van der Waals surface area contributed by atoms with Crippen molar-refractivity contribution in [3.05, 3.63) is 36.7 Å². The molecule has 0 radical (unpaired) electrons. The fourth-order valence-electron chi connectivity index (χ4n) is 3.57. The Morgan fingerprint density at radius 3 is 2.57 bits per heavy atom. The number of benzene rings is 1. The van der Waals surface area contributed by atoms with E-state index in [0.717, 1.165) is 5.75 Å². The summed E-state index contributed by atoms with van der Waals surface area (Å²) < 4.78 is 32.9. The summed E-state index contributed by atoms with van der Waals surface area (Å²) in [6.07, 6.45) is 5.44. The predicted octanol–water partition coefficient (Wildman–Crippen LogP) is 3.18. The lowest BCUT2D eigenvalue weighted by Crippen LogP contribution is -2.35. The second-order valence-corrected chi connectivity index (χ2v) is 9.65. The van der Waals surface area contributed by atoms with Crippen LogP contribution in [0.3, 0.4) is 0 Å². The summed E-state index contributed by atoms with van der Waals surface area (Å²) in [6.45, 7) is 3.91. The molecule has 0 aliphatic heterocycles. The summed E-state index contributed by atoms with van der Waals surface area (Å²) in [5.41, 5.74) is 0.676. The molecular formula is C20H27N3O4S. The van der Waals surface area contributed by atoms with E-state index < -0.39 is 15.1 Å². The van der Waals surface area contributed by atoms with Crippen molar-refractivity contribution in [3.8, 4) is 5.75 Å². The lowest BCUT2D eigenvalue weighted by Gasteiger charge is -2.27. The van der Waals surface area contributed by atoms with E-state index in [-0.39, 0.29) is 23.1 Å². The second-order valence-electron chi connectivity index (χ2n) is 7.53. The van der Waals surface area contributed by atoms with Crippen molar-refractivity contribution in [3.63, 3.8) is 0 Å². The van der Waals surface area contributed by atoms with Crippen LogP contribution in [-0.4, -0.2) is 35.2 Å². The average molecular weight is 406 g/mol. The smallest absolute Gasteiger partial charge is 0.227 e. The minimum atomic E-state index is -3.55. The Hall–Kier alpha value is -2.35. The number of hydrogen-bond acceptors (Lipinski definition) is 5. The van der Waals surface area contributed by atoms with Gasteiger partial charge in [0.15, 0.2) is 0 Å². The quantitative estimate of drug-likeness (QED) is 0.797. The van der Waals surface area contributed by atoms with Crippen LogP contribution in [0.25, 0.3) is 0 Å². The molecule has 28 heavy (non-hydrogen) atoms. The van der Waals surface area contributed by atoms with Crippen LogP contribution in [0, 0.1) is 5.92 Å². The third-order valence-corrected chi connectivity index (χ3v) is 7.17. The Morgan fingerprint density at radius 2 is 1.96 bits per heavy atom. The number of nitrogens with one attached hydrogen (secondary N) is 1. The summed E-state index contributed by atoms with van der Waals surface area (Å²) in [5.74, 6) is 0.268. The first-order valence-corrected chi connectivity index (χ1v) is 11.1. The van der Waals surface area contributed by atoms with Crippen molar-refractivity contribution in [2.75, 3.05) is 5.32 Å². The lowest BCUT2D eigenvalue weighted by atomic mass is 9.88. The van der Waals surface area contributed by atoms with Gasteiger partial charge in [-0.1, -0.05) is 6.42 Å². The zero-order valence-electron chi connectivity index (χ0n) is 16.5. The Kier molecular flexibility index (Phi) is 6.07. The molecule has 152 valence electrons. The van der Waals surface area contributed by atoms with E-state index in [2.05, 4.69) is 10.3 Å². The molecule has 1 aliphatic rings. The van der Waals surface area contributed by atoms with Crippen molar-refractivity contribution in [1.29, 1.82) is 0 Å². The first kappa shape index (κ1) is 20.4. The van der Waals surface area contributed by atoms with Gasteiger partial charge in [0.25, 0.3) is 0 Å². The first-order chi connectivity index (χ1) is 13.3. The molecular weight excluding hydrogens is 378 g/mol. The SMILES string of the molecule is CC(C)Oc1ccc(NC(=O)C2CCCC(S(=O)(=O)c3nccn3C)C2)cc1. The highest BCUT2D eigenvalue weighted by Crippen LogP contribution is 2.32. The van der Waals surface area contributed by atoms with Gasteiger partial charge in [0.05, 0.1) is 11.4 Å². The zero-order valence-corrected chi connectivity index (χ0v) is 17.3. The average Bonchev–Trinajstić information content (AvgIpc) is 3.10. The molecule has 7 nitrogen and oxygen atoms in total. The van der Waals surface area contributed by atoms with E-state index in [0.29, 0.717) is 31.4 Å². The first-order valence-electron chi connectivity index (χ1n) is 9.56. The molecule has 1 aromatic heterocycles. The second kappa shape index (κ2) is 8.34. The molecule has 3 rings (SSSR count). The van der Waals surface area contributed by atoms with Crippen LogP contribution >= 0.6 is 0 Å². The van der Waals surface area contributed by atoms with Gasteiger partial charge in [0, 0.05) is 31.0 Å². The molecule has 0 bridgehead atoms. The molecule has 2 aromatic rings. The van der Waals surface area contributed by atoms with Gasteiger partial charge >= 0.3 is 0 Å². The Bertz CT molecular complexity index is 919. The summed E-state index contributed by atoms with van der Waals surface area (Å²) in [4.78, 5) is 16.7. The van der Waals surface area contributed by atoms with Crippen molar-refractivity contribution in [2.45, 2.75) is 56.0 Å². The highest BCUT2D eigenvalue weighted by atomic mass is 32.2. The number of carbonyl (C=O) groups is 1. The van der Waals surface area contributed by atoms with E-state index in [4.69, 9.17) is 4.74 Å². The highest BCUT2D eigenvalue weighted by molar-refractivity contribution is 7.91. The van der Waals surface area contributed by atoms with Crippen LogP contribution in [0.1, 0.15) is 39.5 Å². The van der Waals surface area contributed by atoms with Gasteiger partial charge in [-0.3, -0.25) is 4.79 Å². The number of hydrogen-bond donors (Lipinski definition) is 1. The number of amides is 1. The Labute approximate surface area is 166 Å². The highest BCUT2D eigenvalue weighted by Gasteiger charge is 2.37. The van der Waals surface area contributed by atoms with Crippen LogP contribution in [0.15, 0.2) is 41.8 Å². The fraction of sp³-hybridized carbons (Fsp3) is 0.500. The van der Waals surface area contributed by atoms with Gasteiger partial charge in [-0.25, -0.2) is 13.4 Å². The molecule has 2 unspecified atom stereocenters. The maximum atomic E-state index is 12.9. The van der Waals surface area contributed by atoms with E-state index in [1.165, 1.54) is 10.8 Å². The monoisotopic (exact) mass is 405 g/mol. The number of ether oxygens (including phenoxy) is 1. The number of carbonyl (C=O) groups excluding carboxylic acids is 1. The Balaban J connectivity index is 1.65. The number of anilines is 1. The van der Waals surface area contributed by atoms with Crippen LogP contribution in [-0.2, 0) is 21.7 Å². The topological polar surface area (TPSA) is 90.3 Å². The van der Waals surface area contributed by atoms with E-state index in [1.54, 1.807) is 25.4 Å². The minimum Gasteiger partial charge on any atom is -0.491 e. The molecule has 1 saturated carbocycles. The Morgan fingerprint density at radius 1 is 1.25 bits per heavy atom. The van der Waals surface area contributed by atoms with Crippen LogP contribution < -0.4 is 10.1 Å². The molecule has 1 N–H and O–H groups in total. The number of aromatic nitrogens is 2. The maximum Gasteiger partial charge on any atom is 0.227 e. The lowest BCUT2D eigenvalue weighted by molar-refractivity contribution is -0.120. The van der Waals surface area contributed by atoms with Crippen molar-refractivity contribution in [2.24, 2.45) is 13.0 Å². The van der Waals surface area contributed by atoms with Gasteiger partial charge in [-0.05, 0) is 57.4 Å². The third kappa shape index (κ3) is 4.55. The van der Waals surface area contributed by atoms with Crippen LogP contribution in [0.4, 0.5) is 5.69 Å².